The van der Waals surface area contributed by atoms with Gasteiger partial charge in [0.2, 0.25) is 0 Å². The first-order valence-corrected chi connectivity index (χ1v) is 10.4. The van der Waals surface area contributed by atoms with Crippen molar-refractivity contribution in [1.29, 1.82) is 0 Å². The molecular weight excluding hydrogens is 406 g/mol. The van der Waals surface area contributed by atoms with E-state index in [0.29, 0.717) is 29.4 Å². The molecule has 0 spiro atoms. The topological polar surface area (TPSA) is 99.8 Å². The number of nitrogens with one attached hydrogen (secondary N) is 1. The summed E-state index contributed by atoms with van der Waals surface area (Å²) < 4.78 is 9.27. The Labute approximate surface area is 186 Å². The molecule has 164 valence electrons. The molecule has 0 saturated carbocycles. The molecule has 9 nitrogen and oxygen atoms in total. The van der Waals surface area contributed by atoms with Crippen LogP contribution in [-0.2, 0) is 13.2 Å². The van der Waals surface area contributed by atoms with Crippen molar-refractivity contribution < 1.29 is 9.53 Å². The van der Waals surface area contributed by atoms with Crippen LogP contribution >= 0.6 is 0 Å². The second-order valence-electron chi connectivity index (χ2n) is 7.75. The van der Waals surface area contributed by atoms with Crippen LogP contribution in [-0.4, -0.2) is 35.9 Å². The Kier molecular flexibility index (Phi) is 6.25. The van der Waals surface area contributed by atoms with Crippen LogP contribution in [0.3, 0.4) is 0 Å². The van der Waals surface area contributed by atoms with Gasteiger partial charge in [-0.15, -0.1) is 5.10 Å². The molecule has 32 heavy (non-hydrogen) atoms. The Hall–Kier alpha value is -4.01. The van der Waals surface area contributed by atoms with E-state index in [1.54, 1.807) is 39.8 Å². The molecule has 0 aliphatic rings. The van der Waals surface area contributed by atoms with Gasteiger partial charge in [-0.05, 0) is 66.6 Å². The van der Waals surface area contributed by atoms with Crippen LogP contribution in [0.1, 0.15) is 47.2 Å². The molecule has 4 aromatic rings. The lowest BCUT2D eigenvalue weighted by Gasteiger charge is -2.09. The average Bonchev–Trinajstić information content (AvgIpc) is 3.44. The summed E-state index contributed by atoms with van der Waals surface area (Å²) in [5.74, 6) is 1.06. The molecule has 0 aliphatic carbocycles. The number of anilines is 1. The summed E-state index contributed by atoms with van der Waals surface area (Å²) in [6.07, 6.45) is 3.47. The third-order valence-electron chi connectivity index (χ3n) is 5.02. The number of benzene rings is 2. The van der Waals surface area contributed by atoms with Crippen molar-refractivity contribution in [3.8, 4) is 5.75 Å². The van der Waals surface area contributed by atoms with E-state index in [0.717, 1.165) is 0 Å². The fourth-order valence-corrected chi connectivity index (χ4v) is 3.24. The van der Waals surface area contributed by atoms with Crippen molar-refractivity contribution in [2.24, 2.45) is 0 Å². The van der Waals surface area contributed by atoms with E-state index in [2.05, 4.69) is 45.0 Å². The molecule has 0 unspecified atom stereocenters. The predicted molar refractivity (Wildman–Crippen MR) is 119 cm³/mol. The van der Waals surface area contributed by atoms with E-state index in [-0.39, 0.29) is 18.6 Å². The van der Waals surface area contributed by atoms with Gasteiger partial charge in [-0.25, -0.2) is 4.68 Å². The quantitative estimate of drug-likeness (QED) is 0.457. The van der Waals surface area contributed by atoms with Gasteiger partial charge in [0.25, 0.3) is 5.91 Å². The molecule has 0 radical (unpaired) electrons. The lowest BCUT2D eigenvalue weighted by molar-refractivity contribution is 0.102. The van der Waals surface area contributed by atoms with Gasteiger partial charge >= 0.3 is 0 Å². The SMILES string of the molecule is Cc1ccccc1Cn1cc(NC(=O)c2ccc(OCc3nnnn3C(C)C)cc2)cn1. The molecule has 1 amide bonds. The summed E-state index contributed by atoms with van der Waals surface area (Å²) in [6.45, 7) is 6.96. The van der Waals surface area contributed by atoms with Gasteiger partial charge < -0.3 is 10.1 Å². The van der Waals surface area contributed by atoms with Gasteiger partial charge in [-0.3, -0.25) is 9.48 Å². The van der Waals surface area contributed by atoms with E-state index in [1.807, 2.05) is 32.2 Å². The monoisotopic (exact) mass is 431 g/mol. The Balaban J connectivity index is 1.33. The van der Waals surface area contributed by atoms with Crippen molar-refractivity contribution in [1.82, 2.24) is 30.0 Å². The predicted octanol–water partition coefficient (Wildman–Crippen LogP) is 3.64. The van der Waals surface area contributed by atoms with E-state index >= 15 is 0 Å². The second kappa shape index (κ2) is 9.42. The number of tetrazole rings is 1. The summed E-state index contributed by atoms with van der Waals surface area (Å²) >= 11 is 0. The van der Waals surface area contributed by atoms with Crippen molar-refractivity contribution in [2.45, 2.75) is 40.0 Å². The molecule has 4 rings (SSSR count). The standard InChI is InChI=1S/C23H25N7O2/c1-16(2)30-22(26-27-28-30)15-32-21-10-8-18(9-11-21)23(31)25-20-12-24-29(14-20)13-19-7-5-4-6-17(19)3/h4-12,14,16H,13,15H2,1-3H3,(H,25,31). The zero-order chi connectivity index (χ0) is 22.5. The number of aryl methyl sites for hydroxylation is 1. The van der Waals surface area contributed by atoms with Gasteiger partial charge in [0, 0.05) is 11.8 Å². The highest BCUT2D eigenvalue weighted by Gasteiger charge is 2.11. The highest BCUT2D eigenvalue weighted by Crippen LogP contribution is 2.16. The molecule has 0 saturated heterocycles. The summed E-state index contributed by atoms with van der Waals surface area (Å²) in [7, 11) is 0. The van der Waals surface area contributed by atoms with E-state index in [9.17, 15) is 4.79 Å². The van der Waals surface area contributed by atoms with Crippen molar-refractivity contribution in [3.05, 3.63) is 83.4 Å². The third kappa shape index (κ3) is 5.00. The lowest BCUT2D eigenvalue weighted by Crippen LogP contribution is -2.12. The van der Waals surface area contributed by atoms with Gasteiger partial charge in [-0.2, -0.15) is 5.10 Å². The Morgan fingerprint density at radius 1 is 1.12 bits per heavy atom. The maximum absolute atomic E-state index is 12.6. The smallest absolute Gasteiger partial charge is 0.255 e. The van der Waals surface area contributed by atoms with Crippen LogP contribution in [0.25, 0.3) is 0 Å². The first kappa shape index (κ1) is 21.2. The van der Waals surface area contributed by atoms with Crippen LogP contribution < -0.4 is 10.1 Å². The van der Waals surface area contributed by atoms with Crippen LogP contribution in [0, 0.1) is 6.92 Å². The normalized spacial score (nSPS) is 11.0. The maximum atomic E-state index is 12.6. The second-order valence-corrected chi connectivity index (χ2v) is 7.75. The minimum Gasteiger partial charge on any atom is -0.486 e. The van der Waals surface area contributed by atoms with E-state index in [1.165, 1.54) is 11.1 Å². The molecule has 2 aromatic carbocycles. The summed E-state index contributed by atoms with van der Waals surface area (Å²) in [5, 5.41) is 18.8. The van der Waals surface area contributed by atoms with Gasteiger partial charge in [0.1, 0.15) is 12.4 Å². The number of rotatable bonds is 8. The highest BCUT2D eigenvalue weighted by atomic mass is 16.5. The molecular formula is C23H25N7O2. The number of aromatic nitrogens is 6. The fourth-order valence-electron chi connectivity index (χ4n) is 3.24. The Morgan fingerprint density at radius 3 is 2.66 bits per heavy atom. The highest BCUT2D eigenvalue weighted by molar-refractivity contribution is 6.04. The minimum absolute atomic E-state index is 0.149. The summed E-state index contributed by atoms with van der Waals surface area (Å²) in [6, 6.07) is 15.2. The van der Waals surface area contributed by atoms with Crippen molar-refractivity contribution in [3.63, 3.8) is 0 Å². The molecule has 9 heteroatoms. The van der Waals surface area contributed by atoms with E-state index in [4.69, 9.17) is 4.74 Å². The zero-order valence-electron chi connectivity index (χ0n) is 18.3. The van der Waals surface area contributed by atoms with Gasteiger partial charge in [0.05, 0.1) is 24.5 Å². The largest absolute Gasteiger partial charge is 0.486 e. The third-order valence-corrected chi connectivity index (χ3v) is 5.02. The number of hydrogen-bond donors (Lipinski definition) is 1. The van der Waals surface area contributed by atoms with Crippen LogP contribution in [0.2, 0.25) is 0 Å². The number of carbonyl (C=O) groups is 1. The number of amides is 1. The van der Waals surface area contributed by atoms with Crippen LogP contribution in [0.15, 0.2) is 60.9 Å². The maximum Gasteiger partial charge on any atom is 0.255 e. The van der Waals surface area contributed by atoms with Crippen molar-refractivity contribution >= 4 is 11.6 Å². The molecule has 0 aliphatic heterocycles. The molecule has 0 bridgehead atoms. The number of ether oxygens (including phenoxy) is 1. The van der Waals surface area contributed by atoms with E-state index < -0.39 is 0 Å². The first-order valence-electron chi connectivity index (χ1n) is 10.4. The molecule has 0 atom stereocenters. The zero-order valence-corrected chi connectivity index (χ0v) is 18.3. The van der Waals surface area contributed by atoms with Crippen molar-refractivity contribution in [2.75, 3.05) is 5.32 Å². The number of hydrogen-bond acceptors (Lipinski definition) is 6. The Bertz CT molecular complexity index is 1200. The lowest BCUT2D eigenvalue weighted by atomic mass is 10.1. The number of nitrogens with zero attached hydrogens (tertiary/aromatic N) is 6. The number of carbonyl (C=O) groups excluding carboxylic acids is 1. The molecule has 2 aromatic heterocycles. The summed E-state index contributed by atoms with van der Waals surface area (Å²) in [5.41, 5.74) is 3.56. The first-order chi connectivity index (χ1) is 15.5. The fraction of sp³-hybridized carbons (Fsp3) is 0.261. The van der Waals surface area contributed by atoms with Gasteiger partial charge in [-0.1, -0.05) is 24.3 Å². The average molecular weight is 432 g/mol. The molecule has 1 N–H and O–H groups in total. The molecule has 0 fully saturated rings. The summed E-state index contributed by atoms with van der Waals surface area (Å²) in [4.78, 5) is 12.6. The minimum atomic E-state index is -0.212. The Morgan fingerprint density at radius 2 is 1.91 bits per heavy atom. The van der Waals surface area contributed by atoms with Crippen LogP contribution in [0.4, 0.5) is 5.69 Å². The van der Waals surface area contributed by atoms with Crippen LogP contribution in [0.5, 0.6) is 5.75 Å². The molecule has 2 heterocycles. The van der Waals surface area contributed by atoms with Gasteiger partial charge in [0.15, 0.2) is 5.82 Å².